The summed E-state index contributed by atoms with van der Waals surface area (Å²) in [5, 5.41) is 0. The molecule has 0 aliphatic rings. The summed E-state index contributed by atoms with van der Waals surface area (Å²) in [5.74, 6) is 4.86. The largest absolute Gasteiger partial charge is 0.157 e. The first-order chi connectivity index (χ1) is 9.95. The lowest BCUT2D eigenvalue weighted by Crippen LogP contribution is -1.87. The highest BCUT2D eigenvalue weighted by atomic mass is 32.2. The van der Waals surface area contributed by atoms with Crippen molar-refractivity contribution in [3.63, 3.8) is 0 Å². The minimum Gasteiger partial charge on any atom is -0.157 e. The molecule has 0 aromatic heterocycles. The number of rotatable bonds is 9. The molecular formula is C18H28B2S2. The average Bonchev–Trinajstić information content (AvgIpc) is 2.52. The molecule has 2 aromatic carbocycles. The molecule has 0 unspecified atom stereocenters. The Morgan fingerprint density at radius 3 is 1.27 bits per heavy atom. The molecular weight excluding hydrogens is 302 g/mol. The first-order valence-corrected chi connectivity index (χ1v) is 9.49. The fraction of sp³-hybridized carbons (Fsp3) is 0.333. The fourth-order valence-electron chi connectivity index (χ4n) is 1.94. The second kappa shape index (κ2) is 13.9. The van der Waals surface area contributed by atoms with Crippen LogP contribution in [0.5, 0.6) is 0 Å². The first kappa shape index (κ1) is 21.3. The van der Waals surface area contributed by atoms with E-state index in [2.05, 4.69) is 84.2 Å². The normalized spacial score (nSPS) is 9.64. The third kappa shape index (κ3) is 9.32. The molecule has 22 heavy (non-hydrogen) atoms. The molecule has 0 bridgehead atoms. The van der Waals surface area contributed by atoms with Crippen LogP contribution >= 0.6 is 23.5 Å². The van der Waals surface area contributed by atoms with E-state index in [4.69, 9.17) is 0 Å². The maximum atomic E-state index is 2.21. The summed E-state index contributed by atoms with van der Waals surface area (Å²) in [4.78, 5) is 0. The summed E-state index contributed by atoms with van der Waals surface area (Å²) in [6, 6.07) is 21.5. The maximum Gasteiger partial charge on any atom is 0.0814 e. The Kier molecular flexibility index (Phi) is 13.4. The summed E-state index contributed by atoms with van der Waals surface area (Å²) >= 11 is 4.10. The third-order valence-electron chi connectivity index (χ3n) is 3.05. The number of unbranched alkanes of at least 4 members (excludes halogenated alkanes) is 1. The second-order valence-corrected chi connectivity index (χ2v) is 6.99. The zero-order valence-electron chi connectivity index (χ0n) is 11.8. The lowest BCUT2D eigenvalue weighted by atomic mass is 10.2. The summed E-state index contributed by atoms with van der Waals surface area (Å²) in [5.41, 5.74) is 2.88. The van der Waals surface area contributed by atoms with Gasteiger partial charge in [0, 0.05) is 11.5 Å². The molecule has 2 aromatic rings. The number of thioether (sulfide) groups is 2. The molecule has 0 nitrogen and oxygen atoms in total. The molecule has 0 saturated heterocycles. The van der Waals surface area contributed by atoms with Gasteiger partial charge < -0.3 is 0 Å². The molecule has 0 aliphatic carbocycles. The Bertz CT molecular complexity index is 418. The average molecular weight is 330 g/mol. The maximum absolute atomic E-state index is 2.21. The Morgan fingerprint density at radius 1 is 0.545 bits per heavy atom. The Balaban J connectivity index is 0.00000220. The fourth-order valence-corrected chi connectivity index (χ4v) is 3.90. The number of benzene rings is 2. The molecule has 4 heteroatoms. The van der Waals surface area contributed by atoms with Gasteiger partial charge in [0.05, 0.1) is 16.8 Å². The standard InChI is InChI=1S/C18H22S2.2BH3/c1-3-9-17(10-4-1)15-19-13-7-8-14-20-16-18-11-5-2-6-12-18;;/h1-6,9-12H,7-8,13-16H2;2*1H3. The topological polar surface area (TPSA) is 0 Å². The van der Waals surface area contributed by atoms with Crippen molar-refractivity contribution in [1.82, 2.24) is 0 Å². The van der Waals surface area contributed by atoms with Gasteiger partial charge in [0.15, 0.2) is 0 Å². The van der Waals surface area contributed by atoms with Crippen LogP contribution in [0.4, 0.5) is 0 Å². The van der Waals surface area contributed by atoms with Gasteiger partial charge in [-0.05, 0) is 35.5 Å². The Morgan fingerprint density at radius 2 is 0.909 bits per heavy atom. The molecule has 0 atom stereocenters. The van der Waals surface area contributed by atoms with Crippen molar-refractivity contribution >= 4 is 40.3 Å². The lowest BCUT2D eigenvalue weighted by molar-refractivity contribution is 0.906. The molecule has 0 saturated carbocycles. The zero-order valence-corrected chi connectivity index (χ0v) is 13.5. The van der Waals surface area contributed by atoms with Gasteiger partial charge in [-0.1, -0.05) is 60.7 Å². The van der Waals surface area contributed by atoms with Gasteiger partial charge in [-0.15, -0.1) is 0 Å². The predicted molar refractivity (Wildman–Crippen MR) is 114 cm³/mol. The van der Waals surface area contributed by atoms with Crippen LogP contribution < -0.4 is 0 Å². The monoisotopic (exact) mass is 330 g/mol. The van der Waals surface area contributed by atoms with Crippen molar-refractivity contribution in [2.45, 2.75) is 24.3 Å². The summed E-state index contributed by atoms with van der Waals surface area (Å²) < 4.78 is 0. The van der Waals surface area contributed by atoms with Crippen LogP contribution in [-0.2, 0) is 11.5 Å². The van der Waals surface area contributed by atoms with Gasteiger partial charge in [-0.25, -0.2) is 0 Å². The van der Waals surface area contributed by atoms with Crippen molar-refractivity contribution < 1.29 is 0 Å². The molecule has 0 spiro atoms. The SMILES string of the molecule is B.B.c1ccc(CSCCCCSCc2ccccc2)cc1. The van der Waals surface area contributed by atoms with E-state index in [0.717, 1.165) is 11.5 Å². The van der Waals surface area contributed by atoms with Gasteiger partial charge in [0.25, 0.3) is 0 Å². The minimum atomic E-state index is 0. The molecule has 2 rings (SSSR count). The molecule has 118 valence electrons. The van der Waals surface area contributed by atoms with Crippen LogP contribution in [0.25, 0.3) is 0 Å². The van der Waals surface area contributed by atoms with E-state index in [-0.39, 0.29) is 16.8 Å². The highest BCUT2D eigenvalue weighted by Crippen LogP contribution is 2.16. The zero-order chi connectivity index (χ0) is 13.9. The number of hydrogen-bond acceptors (Lipinski definition) is 2. The van der Waals surface area contributed by atoms with Gasteiger partial charge in [-0.2, -0.15) is 23.5 Å². The molecule has 0 fully saturated rings. The van der Waals surface area contributed by atoms with Crippen LogP contribution in [0.3, 0.4) is 0 Å². The van der Waals surface area contributed by atoms with E-state index in [1.807, 2.05) is 0 Å². The van der Waals surface area contributed by atoms with E-state index >= 15 is 0 Å². The van der Waals surface area contributed by atoms with Crippen molar-refractivity contribution in [3.05, 3.63) is 71.8 Å². The molecule has 0 heterocycles. The van der Waals surface area contributed by atoms with E-state index in [1.165, 1.54) is 35.5 Å². The van der Waals surface area contributed by atoms with Crippen LogP contribution in [0, 0.1) is 0 Å². The van der Waals surface area contributed by atoms with Crippen molar-refractivity contribution in [2.75, 3.05) is 11.5 Å². The van der Waals surface area contributed by atoms with Gasteiger partial charge >= 0.3 is 0 Å². The molecule has 0 amide bonds. The van der Waals surface area contributed by atoms with Gasteiger partial charge in [-0.3, -0.25) is 0 Å². The highest BCUT2D eigenvalue weighted by Gasteiger charge is 1.95. The van der Waals surface area contributed by atoms with Crippen LogP contribution in [0.1, 0.15) is 24.0 Å². The van der Waals surface area contributed by atoms with Crippen LogP contribution in [0.2, 0.25) is 0 Å². The van der Waals surface area contributed by atoms with Crippen LogP contribution in [-0.4, -0.2) is 28.3 Å². The van der Waals surface area contributed by atoms with Gasteiger partial charge in [0.2, 0.25) is 0 Å². The predicted octanol–water partition coefficient (Wildman–Crippen LogP) is 3.27. The molecule has 0 radical (unpaired) electrons. The van der Waals surface area contributed by atoms with E-state index in [1.54, 1.807) is 0 Å². The second-order valence-electron chi connectivity index (χ2n) is 4.78. The first-order valence-electron chi connectivity index (χ1n) is 7.18. The van der Waals surface area contributed by atoms with Crippen molar-refractivity contribution in [1.29, 1.82) is 0 Å². The Hall–Kier alpha value is -0.730. The summed E-state index contributed by atoms with van der Waals surface area (Å²) in [6.07, 6.45) is 2.67. The van der Waals surface area contributed by atoms with Gasteiger partial charge in [0.1, 0.15) is 0 Å². The highest BCUT2D eigenvalue weighted by molar-refractivity contribution is 7.98. The third-order valence-corrected chi connectivity index (χ3v) is 5.28. The van der Waals surface area contributed by atoms with Crippen molar-refractivity contribution in [2.24, 2.45) is 0 Å². The summed E-state index contributed by atoms with van der Waals surface area (Å²) in [7, 11) is 0. The Labute approximate surface area is 148 Å². The van der Waals surface area contributed by atoms with Crippen LogP contribution in [0.15, 0.2) is 60.7 Å². The van der Waals surface area contributed by atoms with E-state index in [0.29, 0.717) is 0 Å². The number of hydrogen-bond donors (Lipinski definition) is 0. The summed E-state index contributed by atoms with van der Waals surface area (Å²) in [6.45, 7) is 0. The van der Waals surface area contributed by atoms with E-state index < -0.39 is 0 Å². The lowest BCUT2D eigenvalue weighted by Gasteiger charge is -2.03. The molecule has 0 N–H and O–H groups in total. The van der Waals surface area contributed by atoms with Crippen molar-refractivity contribution in [3.8, 4) is 0 Å². The van der Waals surface area contributed by atoms with E-state index in [9.17, 15) is 0 Å². The smallest absolute Gasteiger partial charge is 0.0814 e. The molecule has 0 aliphatic heterocycles. The minimum absolute atomic E-state index is 0. The quantitative estimate of drug-likeness (QED) is 0.511.